The molecule has 114 valence electrons. The second-order valence-corrected chi connectivity index (χ2v) is 6.50. The number of hydrogen-bond acceptors (Lipinski definition) is 5. The Morgan fingerprint density at radius 2 is 1.95 bits per heavy atom. The Morgan fingerprint density at radius 3 is 2.82 bits per heavy atom. The first-order chi connectivity index (χ1) is 10.7. The number of aromatic nitrogens is 4. The average Bonchev–Trinajstić information content (AvgIpc) is 3.02. The molecule has 0 spiro atoms. The van der Waals surface area contributed by atoms with Crippen LogP contribution in [0.3, 0.4) is 0 Å². The first kappa shape index (κ1) is 13.6. The smallest absolute Gasteiger partial charge is 0.135 e. The van der Waals surface area contributed by atoms with E-state index in [4.69, 9.17) is 4.98 Å². The zero-order valence-corrected chi connectivity index (χ0v) is 13.2. The topological polar surface area (TPSA) is 54.8 Å². The van der Waals surface area contributed by atoms with Gasteiger partial charge >= 0.3 is 0 Å². The Labute approximate surface area is 130 Å². The summed E-state index contributed by atoms with van der Waals surface area (Å²) >= 11 is 0. The third-order valence-electron chi connectivity index (χ3n) is 4.63. The molecule has 5 nitrogen and oxygen atoms in total. The Kier molecular flexibility index (Phi) is 3.28. The van der Waals surface area contributed by atoms with Gasteiger partial charge in [0.05, 0.1) is 12.2 Å². The highest BCUT2D eigenvalue weighted by Gasteiger charge is 2.25. The molecule has 4 rings (SSSR count). The van der Waals surface area contributed by atoms with E-state index in [1.165, 1.54) is 23.2 Å². The largest absolute Gasteiger partial charge is 0.350 e. The number of nitrogens with zero attached hydrogens (tertiary/aromatic N) is 5. The van der Waals surface area contributed by atoms with Crippen LogP contribution in [0.2, 0.25) is 0 Å². The molecule has 2 aromatic rings. The van der Waals surface area contributed by atoms with E-state index in [0.29, 0.717) is 5.92 Å². The van der Waals surface area contributed by atoms with Crippen LogP contribution < -0.4 is 4.90 Å². The molecule has 0 aromatic carbocycles. The Hall–Kier alpha value is -2.04. The van der Waals surface area contributed by atoms with Crippen molar-refractivity contribution in [3.8, 4) is 0 Å². The number of rotatable bonds is 2. The van der Waals surface area contributed by atoms with Crippen LogP contribution in [-0.2, 0) is 25.8 Å². The van der Waals surface area contributed by atoms with Crippen LogP contribution in [0, 0.1) is 0 Å². The van der Waals surface area contributed by atoms with Gasteiger partial charge in [0.2, 0.25) is 0 Å². The fraction of sp³-hybridized carbons (Fsp3) is 0.529. The zero-order valence-electron chi connectivity index (χ0n) is 13.2. The average molecular weight is 295 g/mol. The lowest BCUT2D eigenvalue weighted by atomic mass is 10.1. The van der Waals surface area contributed by atoms with E-state index in [2.05, 4.69) is 33.7 Å². The lowest BCUT2D eigenvalue weighted by Gasteiger charge is -2.30. The van der Waals surface area contributed by atoms with Crippen molar-refractivity contribution in [2.45, 2.75) is 52.0 Å². The maximum absolute atomic E-state index is 4.79. The zero-order chi connectivity index (χ0) is 15.1. The van der Waals surface area contributed by atoms with Crippen LogP contribution in [0.1, 0.15) is 54.5 Å². The van der Waals surface area contributed by atoms with Crippen LogP contribution in [0.5, 0.6) is 0 Å². The van der Waals surface area contributed by atoms with E-state index in [9.17, 15) is 0 Å². The normalized spacial score (nSPS) is 16.8. The number of aryl methyl sites for hydroxylation is 1. The summed E-state index contributed by atoms with van der Waals surface area (Å²) in [4.78, 5) is 20.7. The van der Waals surface area contributed by atoms with E-state index < -0.39 is 0 Å². The predicted molar refractivity (Wildman–Crippen MR) is 84.9 cm³/mol. The van der Waals surface area contributed by atoms with Crippen molar-refractivity contribution in [2.75, 3.05) is 11.4 Å². The molecule has 0 N–H and O–H groups in total. The SMILES string of the molecule is CC(C)c1ncc2c(n1)CN(c1ncnc3c1CCC3)CC2. The summed E-state index contributed by atoms with van der Waals surface area (Å²) in [7, 11) is 0. The van der Waals surface area contributed by atoms with Gasteiger partial charge in [-0.3, -0.25) is 0 Å². The summed E-state index contributed by atoms with van der Waals surface area (Å²) in [6.07, 6.45) is 8.12. The third kappa shape index (κ3) is 2.25. The monoisotopic (exact) mass is 295 g/mol. The standard InChI is InChI=1S/C17H21N5/c1-11(2)16-18-8-12-6-7-22(9-15(12)21-16)17-13-4-3-5-14(13)19-10-20-17/h8,10-11H,3-7,9H2,1-2H3. The lowest BCUT2D eigenvalue weighted by molar-refractivity contribution is 0.665. The lowest BCUT2D eigenvalue weighted by Crippen LogP contribution is -2.33. The van der Waals surface area contributed by atoms with Crippen molar-refractivity contribution in [1.29, 1.82) is 0 Å². The van der Waals surface area contributed by atoms with Crippen molar-refractivity contribution in [3.63, 3.8) is 0 Å². The fourth-order valence-electron chi connectivity index (χ4n) is 3.39. The molecule has 22 heavy (non-hydrogen) atoms. The molecule has 0 saturated carbocycles. The molecule has 2 aromatic heterocycles. The molecule has 0 atom stereocenters. The molecule has 0 saturated heterocycles. The summed E-state index contributed by atoms with van der Waals surface area (Å²) in [5.74, 6) is 2.43. The van der Waals surface area contributed by atoms with Crippen molar-refractivity contribution in [2.24, 2.45) is 0 Å². The van der Waals surface area contributed by atoms with Gasteiger partial charge in [0.25, 0.3) is 0 Å². The van der Waals surface area contributed by atoms with Gasteiger partial charge in [0.1, 0.15) is 18.0 Å². The Morgan fingerprint density at radius 1 is 1.05 bits per heavy atom. The number of fused-ring (bicyclic) bond motifs is 2. The third-order valence-corrected chi connectivity index (χ3v) is 4.63. The van der Waals surface area contributed by atoms with Crippen molar-refractivity contribution in [3.05, 3.63) is 40.9 Å². The second-order valence-electron chi connectivity index (χ2n) is 6.50. The van der Waals surface area contributed by atoms with Gasteiger partial charge in [-0.1, -0.05) is 13.8 Å². The van der Waals surface area contributed by atoms with Crippen LogP contribution in [0.4, 0.5) is 5.82 Å². The summed E-state index contributed by atoms with van der Waals surface area (Å²) < 4.78 is 0. The van der Waals surface area contributed by atoms with Crippen molar-refractivity contribution >= 4 is 5.82 Å². The van der Waals surface area contributed by atoms with Gasteiger partial charge in [0.15, 0.2) is 0 Å². The van der Waals surface area contributed by atoms with E-state index >= 15 is 0 Å². The molecule has 0 bridgehead atoms. The molecule has 0 fully saturated rings. The summed E-state index contributed by atoms with van der Waals surface area (Å²) in [6.45, 7) is 6.10. The van der Waals surface area contributed by atoms with E-state index in [1.807, 2.05) is 6.20 Å². The van der Waals surface area contributed by atoms with Gasteiger partial charge in [-0.2, -0.15) is 0 Å². The van der Waals surface area contributed by atoms with Crippen molar-refractivity contribution < 1.29 is 0 Å². The van der Waals surface area contributed by atoms with E-state index in [1.54, 1.807) is 6.33 Å². The van der Waals surface area contributed by atoms with Crippen LogP contribution >= 0.6 is 0 Å². The van der Waals surface area contributed by atoms with Gasteiger partial charge in [0, 0.05) is 29.9 Å². The van der Waals surface area contributed by atoms with Gasteiger partial charge in [-0.15, -0.1) is 0 Å². The van der Waals surface area contributed by atoms with E-state index in [0.717, 1.165) is 49.7 Å². The minimum atomic E-state index is 0.365. The van der Waals surface area contributed by atoms with Crippen LogP contribution in [-0.4, -0.2) is 26.5 Å². The van der Waals surface area contributed by atoms with Gasteiger partial charge in [-0.25, -0.2) is 19.9 Å². The number of anilines is 1. The maximum Gasteiger partial charge on any atom is 0.135 e. The second kappa shape index (κ2) is 5.30. The summed E-state index contributed by atoms with van der Waals surface area (Å²) in [6, 6.07) is 0. The highest BCUT2D eigenvalue weighted by Crippen LogP contribution is 2.30. The molecule has 0 unspecified atom stereocenters. The molecule has 5 heteroatoms. The first-order valence-corrected chi connectivity index (χ1v) is 8.14. The van der Waals surface area contributed by atoms with Gasteiger partial charge < -0.3 is 4.90 Å². The van der Waals surface area contributed by atoms with E-state index in [-0.39, 0.29) is 0 Å². The molecular formula is C17H21N5. The molecule has 1 aliphatic heterocycles. The quantitative estimate of drug-likeness (QED) is 0.852. The first-order valence-electron chi connectivity index (χ1n) is 8.14. The Balaban J connectivity index is 1.67. The predicted octanol–water partition coefficient (Wildman–Crippen LogP) is 2.44. The minimum absolute atomic E-state index is 0.365. The molecule has 0 radical (unpaired) electrons. The molecule has 3 heterocycles. The fourth-order valence-corrected chi connectivity index (χ4v) is 3.39. The van der Waals surface area contributed by atoms with Crippen molar-refractivity contribution in [1.82, 2.24) is 19.9 Å². The van der Waals surface area contributed by atoms with Crippen LogP contribution in [0.25, 0.3) is 0 Å². The highest BCUT2D eigenvalue weighted by atomic mass is 15.2. The minimum Gasteiger partial charge on any atom is -0.350 e. The highest BCUT2D eigenvalue weighted by molar-refractivity contribution is 5.52. The van der Waals surface area contributed by atoms with Gasteiger partial charge in [-0.05, 0) is 31.2 Å². The maximum atomic E-state index is 4.79. The number of hydrogen-bond donors (Lipinski definition) is 0. The molecule has 0 amide bonds. The molecule has 2 aliphatic rings. The summed E-state index contributed by atoms with van der Waals surface area (Å²) in [5, 5.41) is 0. The summed E-state index contributed by atoms with van der Waals surface area (Å²) in [5.41, 5.74) is 5.03. The molecular weight excluding hydrogens is 274 g/mol. The Bertz CT molecular complexity index is 710. The molecule has 1 aliphatic carbocycles. The van der Waals surface area contributed by atoms with Crippen LogP contribution in [0.15, 0.2) is 12.5 Å².